The van der Waals surface area contributed by atoms with Gasteiger partial charge in [0.15, 0.2) is 0 Å². The van der Waals surface area contributed by atoms with Crippen molar-refractivity contribution < 1.29 is 13.9 Å². The molecule has 0 saturated carbocycles. The first-order valence-electron chi connectivity index (χ1n) is 8.68. The van der Waals surface area contributed by atoms with Gasteiger partial charge in [-0.2, -0.15) is 0 Å². The Labute approximate surface area is 160 Å². The van der Waals surface area contributed by atoms with Gasteiger partial charge in [-0.1, -0.05) is 18.2 Å². The standard InChI is InChI=1S/C22H16FN3O2/c23-17-10-15(12-24-14-17)13-26-22(27)16-4-3-5-18(11-16)28-21-8-9-25-20-7-2-1-6-19(20)21/h1-12,14H,13H2,(H,26,27). The Morgan fingerprint density at radius 1 is 1.04 bits per heavy atom. The molecule has 6 heteroatoms. The summed E-state index contributed by atoms with van der Waals surface area (Å²) >= 11 is 0. The smallest absolute Gasteiger partial charge is 0.251 e. The van der Waals surface area contributed by atoms with Crippen LogP contribution in [0.25, 0.3) is 10.9 Å². The van der Waals surface area contributed by atoms with Crippen molar-refractivity contribution in [1.29, 1.82) is 0 Å². The molecule has 28 heavy (non-hydrogen) atoms. The fourth-order valence-corrected chi connectivity index (χ4v) is 2.82. The summed E-state index contributed by atoms with van der Waals surface area (Å²) < 4.78 is 19.2. The number of pyridine rings is 2. The summed E-state index contributed by atoms with van der Waals surface area (Å²) in [7, 11) is 0. The van der Waals surface area contributed by atoms with Crippen molar-refractivity contribution in [2.24, 2.45) is 0 Å². The molecule has 0 fully saturated rings. The number of nitrogens with zero attached hydrogens (tertiary/aromatic N) is 2. The van der Waals surface area contributed by atoms with Gasteiger partial charge in [-0.15, -0.1) is 0 Å². The van der Waals surface area contributed by atoms with E-state index in [0.717, 1.165) is 17.1 Å². The monoisotopic (exact) mass is 373 g/mol. The molecule has 0 aliphatic carbocycles. The molecule has 0 bridgehead atoms. The van der Waals surface area contributed by atoms with Gasteiger partial charge in [0.25, 0.3) is 5.91 Å². The molecule has 0 aliphatic heterocycles. The highest BCUT2D eigenvalue weighted by Gasteiger charge is 2.09. The Hall–Kier alpha value is -3.80. The van der Waals surface area contributed by atoms with Crippen LogP contribution in [-0.2, 0) is 6.54 Å². The Morgan fingerprint density at radius 3 is 2.82 bits per heavy atom. The van der Waals surface area contributed by atoms with E-state index in [1.54, 1.807) is 36.5 Å². The van der Waals surface area contributed by atoms with Crippen LogP contribution < -0.4 is 10.1 Å². The molecule has 2 aromatic carbocycles. The molecule has 0 spiro atoms. The molecular formula is C22H16FN3O2. The van der Waals surface area contributed by atoms with E-state index in [1.165, 1.54) is 12.3 Å². The first-order chi connectivity index (χ1) is 13.7. The molecule has 2 aromatic heterocycles. The van der Waals surface area contributed by atoms with Gasteiger partial charge in [0.1, 0.15) is 17.3 Å². The second-order valence-corrected chi connectivity index (χ2v) is 6.15. The molecule has 5 nitrogen and oxygen atoms in total. The largest absolute Gasteiger partial charge is 0.457 e. The van der Waals surface area contributed by atoms with Crippen LogP contribution in [0.2, 0.25) is 0 Å². The van der Waals surface area contributed by atoms with E-state index in [-0.39, 0.29) is 12.5 Å². The zero-order valence-electron chi connectivity index (χ0n) is 14.8. The summed E-state index contributed by atoms with van der Waals surface area (Å²) in [6.45, 7) is 0.184. The van der Waals surface area contributed by atoms with Crippen molar-refractivity contribution in [2.45, 2.75) is 6.54 Å². The normalized spacial score (nSPS) is 10.6. The lowest BCUT2D eigenvalue weighted by Gasteiger charge is -2.10. The summed E-state index contributed by atoms with van der Waals surface area (Å²) in [4.78, 5) is 20.5. The third-order valence-electron chi connectivity index (χ3n) is 4.15. The number of amides is 1. The van der Waals surface area contributed by atoms with Gasteiger partial charge >= 0.3 is 0 Å². The Balaban J connectivity index is 1.50. The summed E-state index contributed by atoms with van der Waals surface area (Å²) in [5.74, 6) is 0.478. The lowest BCUT2D eigenvalue weighted by Crippen LogP contribution is -2.22. The average Bonchev–Trinajstić information content (AvgIpc) is 2.73. The first kappa shape index (κ1) is 17.6. The van der Waals surface area contributed by atoms with Gasteiger partial charge in [0, 0.05) is 29.9 Å². The zero-order chi connectivity index (χ0) is 19.3. The minimum atomic E-state index is -0.438. The molecule has 1 N–H and O–H groups in total. The Bertz CT molecular complexity index is 1140. The van der Waals surface area contributed by atoms with Crippen LogP contribution in [0.15, 0.2) is 79.3 Å². The predicted molar refractivity (Wildman–Crippen MR) is 104 cm³/mol. The first-order valence-corrected chi connectivity index (χ1v) is 8.68. The van der Waals surface area contributed by atoms with Crippen molar-refractivity contribution in [3.63, 3.8) is 0 Å². The van der Waals surface area contributed by atoms with Crippen molar-refractivity contribution in [1.82, 2.24) is 15.3 Å². The maximum atomic E-state index is 13.2. The minimum absolute atomic E-state index is 0.184. The topological polar surface area (TPSA) is 64.1 Å². The molecule has 0 atom stereocenters. The number of ether oxygens (including phenoxy) is 1. The van der Waals surface area contributed by atoms with Crippen LogP contribution in [0.1, 0.15) is 15.9 Å². The van der Waals surface area contributed by atoms with Gasteiger partial charge in [0.2, 0.25) is 0 Å². The van der Waals surface area contributed by atoms with E-state index < -0.39 is 5.82 Å². The summed E-state index contributed by atoms with van der Waals surface area (Å²) in [6, 6.07) is 17.7. The Kier molecular flexibility index (Phi) is 4.93. The van der Waals surface area contributed by atoms with E-state index in [1.807, 2.05) is 24.3 Å². The zero-order valence-corrected chi connectivity index (χ0v) is 14.8. The minimum Gasteiger partial charge on any atom is -0.457 e. The van der Waals surface area contributed by atoms with Crippen LogP contribution in [-0.4, -0.2) is 15.9 Å². The predicted octanol–water partition coefficient (Wildman–Crippen LogP) is 4.49. The lowest BCUT2D eigenvalue weighted by atomic mass is 10.2. The average molecular weight is 373 g/mol. The van der Waals surface area contributed by atoms with E-state index in [9.17, 15) is 9.18 Å². The number of halogens is 1. The number of hydrogen-bond acceptors (Lipinski definition) is 4. The second-order valence-electron chi connectivity index (χ2n) is 6.15. The fourth-order valence-electron chi connectivity index (χ4n) is 2.82. The number of benzene rings is 2. The third-order valence-corrected chi connectivity index (χ3v) is 4.15. The number of fused-ring (bicyclic) bond motifs is 1. The molecule has 138 valence electrons. The van der Waals surface area contributed by atoms with Crippen LogP contribution in [0.4, 0.5) is 4.39 Å². The molecule has 4 aromatic rings. The number of hydrogen-bond donors (Lipinski definition) is 1. The highest BCUT2D eigenvalue weighted by Crippen LogP contribution is 2.28. The number of para-hydroxylation sites is 1. The maximum Gasteiger partial charge on any atom is 0.251 e. The van der Waals surface area contributed by atoms with Gasteiger partial charge in [-0.05, 0) is 48.0 Å². The van der Waals surface area contributed by atoms with Crippen molar-refractivity contribution in [3.8, 4) is 11.5 Å². The number of nitrogens with one attached hydrogen (secondary N) is 1. The van der Waals surface area contributed by atoms with Gasteiger partial charge < -0.3 is 10.1 Å². The quantitative estimate of drug-likeness (QED) is 0.560. The molecular weight excluding hydrogens is 357 g/mol. The van der Waals surface area contributed by atoms with Crippen LogP contribution in [0.3, 0.4) is 0 Å². The molecule has 0 saturated heterocycles. The summed E-state index contributed by atoms with van der Waals surface area (Å²) in [5.41, 5.74) is 1.86. The Morgan fingerprint density at radius 2 is 1.93 bits per heavy atom. The summed E-state index contributed by atoms with van der Waals surface area (Å²) in [6.07, 6.45) is 4.31. The number of carbonyl (C=O) groups excluding carboxylic acids is 1. The van der Waals surface area contributed by atoms with Crippen LogP contribution in [0.5, 0.6) is 11.5 Å². The van der Waals surface area contributed by atoms with Crippen LogP contribution in [0, 0.1) is 5.82 Å². The van der Waals surface area contributed by atoms with Crippen molar-refractivity contribution in [2.75, 3.05) is 0 Å². The van der Waals surface area contributed by atoms with Gasteiger partial charge in [0.05, 0.1) is 11.7 Å². The van der Waals surface area contributed by atoms with Gasteiger partial charge in [-0.25, -0.2) is 4.39 Å². The molecule has 0 radical (unpaired) electrons. The molecule has 0 unspecified atom stereocenters. The number of aromatic nitrogens is 2. The molecule has 2 heterocycles. The lowest BCUT2D eigenvalue weighted by molar-refractivity contribution is 0.0950. The van der Waals surface area contributed by atoms with E-state index >= 15 is 0 Å². The summed E-state index contributed by atoms with van der Waals surface area (Å²) in [5, 5.41) is 3.64. The third kappa shape index (κ3) is 3.96. The maximum absolute atomic E-state index is 13.2. The van der Waals surface area contributed by atoms with Crippen LogP contribution >= 0.6 is 0 Å². The number of carbonyl (C=O) groups is 1. The van der Waals surface area contributed by atoms with E-state index in [4.69, 9.17) is 4.74 Å². The van der Waals surface area contributed by atoms with E-state index in [2.05, 4.69) is 15.3 Å². The SMILES string of the molecule is O=C(NCc1cncc(F)c1)c1cccc(Oc2ccnc3ccccc23)c1. The van der Waals surface area contributed by atoms with Crippen molar-refractivity contribution >= 4 is 16.8 Å². The fraction of sp³-hybridized carbons (Fsp3) is 0.0455. The van der Waals surface area contributed by atoms with Crippen molar-refractivity contribution in [3.05, 3.63) is 96.2 Å². The molecule has 4 rings (SSSR count). The highest BCUT2D eigenvalue weighted by molar-refractivity contribution is 5.94. The highest BCUT2D eigenvalue weighted by atomic mass is 19.1. The number of rotatable bonds is 5. The molecule has 1 amide bonds. The molecule has 0 aliphatic rings. The van der Waals surface area contributed by atoms with E-state index in [0.29, 0.717) is 22.6 Å². The van der Waals surface area contributed by atoms with Gasteiger partial charge in [-0.3, -0.25) is 14.8 Å². The second kappa shape index (κ2) is 7.84.